The average Bonchev–Trinajstić information content (AvgIpc) is 2.70. The van der Waals surface area contributed by atoms with Gasteiger partial charge in [-0.2, -0.15) is 0 Å². The Labute approximate surface area is 179 Å². The second-order valence-electron chi connectivity index (χ2n) is 7.82. The van der Waals surface area contributed by atoms with Gasteiger partial charge in [0.25, 0.3) is 0 Å². The molecule has 4 rings (SSSR count). The van der Waals surface area contributed by atoms with Crippen LogP contribution in [-0.4, -0.2) is 33.7 Å². The normalized spacial score (nSPS) is 26.8. The number of piperidine rings is 2. The standard InChI is InChI=1S/C23H25IN2O2/c24-20-15-21(27)25-22(28)23(20,18-9-5-2-6-10-18)19-11-13-26(14-12-19)16-17-7-3-1-4-8-17/h1-10,19-20H,11-16H2,(H,25,27,28)/t20?,23-/m1/s1. The van der Waals surface area contributed by atoms with Gasteiger partial charge in [0, 0.05) is 16.9 Å². The smallest absolute Gasteiger partial charge is 0.238 e. The van der Waals surface area contributed by atoms with E-state index in [1.807, 2.05) is 24.3 Å². The van der Waals surface area contributed by atoms with Crippen molar-refractivity contribution in [2.24, 2.45) is 5.92 Å². The van der Waals surface area contributed by atoms with E-state index in [9.17, 15) is 9.59 Å². The van der Waals surface area contributed by atoms with Gasteiger partial charge in [0.05, 0.1) is 5.41 Å². The Kier molecular flexibility index (Phi) is 5.83. The zero-order valence-corrected chi connectivity index (χ0v) is 18.0. The molecule has 2 fully saturated rings. The number of imide groups is 1. The van der Waals surface area contributed by atoms with Gasteiger partial charge in [0.1, 0.15) is 0 Å². The third-order valence-corrected chi connectivity index (χ3v) is 7.64. The largest absolute Gasteiger partial charge is 0.299 e. The first-order chi connectivity index (χ1) is 13.6. The number of likely N-dealkylation sites (tertiary alicyclic amines) is 1. The summed E-state index contributed by atoms with van der Waals surface area (Å²) in [6, 6.07) is 20.6. The van der Waals surface area contributed by atoms with Crippen LogP contribution < -0.4 is 5.32 Å². The molecular formula is C23H25IN2O2. The van der Waals surface area contributed by atoms with Crippen molar-refractivity contribution in [1.29, 1.82) is 0 Å². The topological polar surface area (TPSA) is 49.4 Å². The molecule has 0 radical (unpaired) electrons. The van der Waals surface area contributed by atoms with E-state index in [-0.39, 0.29) is 21.7 Å². The monoisotopic (exact) mass is 488 g/mol. The second kappa shape index (κ2) is 8.33. The van der Waals surface area contributed by atoms with Crippen molar-refractivity contribution >= 4 is 34.4 Å². The number of hydrogen-bond donors (Lipinski definition) is 1. The fraction of sp³-hybridized carbons (Fsp3) is 0.391. The summed E-state index contributed by atoms with van der Waals surface area (Å²) in [6.07, 6.45) is 2.32. The van der Waals surface area contributed by atoms with Crippen LogP contribution >= 0.6 is 22.6 Å². The molecule has 2 saturated heterocycles. The first-order valence-corrected chi connectivity index (χ1v) is 11.2. The van der Waals surface area contributed by atoms with Crippen molar-refractivity contribution in [2.75, 3.05) is 13.1 Å². The molecule has 2 aromatic carbocycles. The number of carbonyl (C=O) groups is 2. The molecule has 1 unspecified atom stereocenters. The Balaban J connectivity index is 1.57. The zero-order valence-electron chi connectivity index (χ0n) is 15.8. The zero-order chi connectivity index (χ0) is 19.6. The van der Waals surface area contributed by atoms with Crippen LogP contribution in [0.2, 0.25) is 0 Å². The van der Waals surface area contributed by atoms with Crippen molar-refractivity contribution in [1.82, 2.24) is 10.2 Å². The fourth-order valence-corrected chi connectivity index (χ4v) is 6.39. The van der Waals surface area contributed by atoms with Gasteiger partial charge in [-0.25, -0.2) is 0 Å². The van der Waals surface area contributed by atoms with Crippen molar-refractivity contribution in [2.45, 2.75) is 35.1 Å². The van der Waals surface area contributed by atoms with Crippen molar-refractivity contribution < 1.29 is 9.59 Å². The summed E-state index contributed by atoms with van der Waals surface area (Å²) in [5.74, 6) is -0.0368. The maximum atomic E-state index is 13.3. The van der Waals surface area contributed by atoms with Crippen LogP contribution in [0.5, 0.6) is 0 Å². The Morgan fingerprint density at radius 1 is 0.964 bits per heavy atom. The van der Waals surface area contributed by atoms with Crippen molar-refractivity contribution in [3.05, 3.63) is 71.8 Å². The highest BCUT2D eigenvalue weighted by Gasteiger charge is 2.55. The lowest BCUT2D eigenvalue weighted by Crippen LogP contribution is -2.62. The van der Waals surface area contributed by atoms with E-state index in [0.29, 0.717) is 6.42 Å². The first kappa shape index (κ1) is 19.6. The molecule has 5 heteroatoms. The Morgan fingerprint density at radius 3 is 2.18 bits per heavy atom. The predicted molar refractivity (Wildman–Crippen MR) is 118 cm³/mol. The number of nitrogens with zero attached hydrogens (tertiary/aromatic N) is 1. The molecule has 2 amide bonds. The molecule has 0 aromatic heterocycles. The molecule has 2 aliphatic rings. The molecule has 146 valence electrons. The molecule has 2 atom stereocenters. The number of halogens is 1. The fourth-order valence-electron chi connectivity index (χ4n) is 4.84. The maximum absolute atomic E-state index is 13.3. The van der Waals surface area contributed by atoms with E-state index in [0.717, 1.165) is 38.0 Å². The third-order valence-electron chi connectivity index (χ3n) is 6.22. The van der Waals surface area contributed by atoms with Crippen LogP contribution in [0.3, 0.4) is 0 Å². The molecular weight excluding hydrogens is 463 g/mol. The van der Waals surface area contributed by atoms with Gasteiger partial charge in [-0.1, -0.05) is 83.3 Å². The lowest BCUT2D eigenvalue weighted by molar-refractivity contribution is -0.139. The van der Waals surface area contributed by atoms with Crippen LogP contribution in [0, 0.1) is 5.92 Å². The van der Waals surface area contributed by atoms with Crippen LogP contribution in [0.4, 0.5) is 0 Å². The first-order valence-electron chi connectivity index (χ1n) is 9.91. The van der Waals surface area contributed by atoms with Gasteiger partial charge in [0.2, 0.25) is 11.8 Å². The number of carbonyl (C=O) groups excluding carboxylic acids is 2. The number of benzene rings is 2. The van der Waals surface area contributed by atoms with Gasteiger partial charge in [-0.3, -0.25) is 19.8 Å². The second-order valence-corrected chi connectivity index (χ2v) is 9.32. The Morgan fingerprint density at radius 2 is 1.57 bits per heavy atom. The van der Waals surface area contributed by atoms with Gasteiger partial charge < -0.3 is 0 Å². The summed E-state index contributed by atoms with van der Waals surface area (Å²) in [6.45, 7) is 2.89. The molecule has 4 nitrogen and oxygen atoms in total. The molecule has 0 bridgehead atoms. The van der Waals surface area contributed by atoms with E-state index < -0.39 is 5.41 Å². The van der Waals surface area contributed by atoms with Crippen LogP contribution in [0.1, 0.15) is 30.4 Å². The van der Waals surface area contributed by atoms with E-state index in [1.54, 1.807) is 0 Å². The summed E-state index contributed by atoms with van der Waals surface area (Å²) in [5, 5.41) is 2.65. The van der Waals surface area contributed by atoms with Crippen LogP contribution in [0.25, 0.3) is 0 Å². The number of nitrogens with one attached hydrogen (secondary N) is 1. The van der Waals surface area contributed by atoms with E-state index in [2.05, 4.69) is 69.2 Å². The quantitative estimate of drug-likeness (QED) is 0.406. The van der Waals surface area contributed by atoms with E-state index in [4.69, 9.17) is 0 Å². The molecule has 0 aliphatic carbocycles. The van der Waals surface area contributed by atoms with Gasteiger partial charge in [-0.15, -0.1) is 0 Å². The summed E-state index contributed by atoms with van der Waals surface area (Å²) < 4.78 is -0.0283. The number of amides is 2. The summed E-state index contributed by atoms with van der Waals surface area (Å²) in [4.78, 5) is 27.7. The number of alkyl halides is 1. The predicted octanol–water partition coefficient (Wildman–Crippen LogP) is 3.69. The summed E-state index contributed by atoms with van der Waals surface area (Å²) in [5.41, 5.74) is 1.74. The summed E-state index contributed by atoms with van der Waals surface area (Å²) >= 11 is 2.34. The Hall–Kier alpha value is -1.73. The molecule has 2 aliphatic heterocycles. The lowest BCUT2D eigenvalue weighted by Gasteiger charge is -2.48. The number of hydrogen-bond acceptors (Lipinski definition) is 3. The summed E-state index contributed by atoms with van der Waals surface area (Å²) in [7, 11) is 0. The Bertz CT molecular complexity index is 834. The minimum atomic E-state index is -0.630. The number of rotatable bonds is 4. The molecule has 0 spiro atoms. The molecule has 0 saturated carbocycles. The minimum Gasteiger partial charge on any atom is -0.299 e. The lowest BCUT2D eigenvalue weighted by atomic mass is 9.62. The van der Waals surface area contributed by atoms with Crippen LogP contribution in [-0.2, 0) is 21.5 Å². The highest BCUT2D eigenvalue weighted by Crippen LogP contribution is 2.47. The minimum absolute atomic E-state index is 0.0283. The molecule has 1 N–H and O–H groups in total. The highest BCUT2D eigenvalue weighted by atomic mass is 127. The molecule has 2 heterocycles. The van der Waals surface area contributed by atoms with Gasteiger partial charge >= 0.3 is 0 Å². The molecule has 28 heavy (non-hydrogen) atoms. The SMILES string of the molecule is O=C1CC(I)[C@@](c2ccccc2)(C2CCN(Cc3ccccc3)CC2)C(=O)N1. The van der Waals surface area contributed by atoms with E-state index in [1.165, 1.54) is 5.56 Å². The van der Waals surface area contributed by atoms with Gasteiger partial charge in [-0.05, 0) is 43.0 Å². The molecule has 2 aromatic rings. The average molecular weight is 488 g/mol. The van der Waals surface area contributed by atoms with E-state index >= 15 is 0 Å². The third kappa shape index (κ3) is 3.62. The van der Waals surface area contributed by atoms with Crippen molar-refractivity contribution in [3.8, 4) is 0 Å². The van der Waals surface area contributed by atoms with Crippen molar-refractivity contribution in [3.63, 3.8) is 0 Å². The highest BCUT2D eigenvalue weighted by molar-refractivity contribution is 14.1. The van der Waals surface area contributed by atoms with Gasteiger partial charge in [0.15, 0.2) is 0 Å². The maximum Gasteiger partial charge on any atom is 0.238 e. The van der Waals surface area contributed by atoms with Crippen LogP contribution in [0.15, 0.2) is 60.7 Å².